The van der Waals surface area contributed by atoms with E-state index < -0.39 is 0 Å². The van der Waals surface area contributed by atoms with E-state index in [1.165, 1.54) is 0 Å². The van der Waals surface area contributed by atoms with Crippen LogP contribution >= 0.6 is 11.6 Å². The molecule has 1 aromatic carbocycles. The van der Waals surface area contributed by atoms with Crippen molar-refractivity contribution in [2.24, 2.45) is 5.92 Å². The molecule has 0 spiro atoms. The average Bonchev–Trinajstić information content (AvgIpc) is 2.93. The summed E-state index contributed by atoms with van der Waals surface area (Å²) in [5, 5.41) is 6.00. The van der Waals surface area contributed by atoms with Crippen molar-refractivity contribution in [1.29, 1.82) is 0 Å². The smallest absolute Gasteiger partial charge is 0.251 e. The molecule has 1 unspecified atom stereocenters. The Bertz CT molecular complexity index is 670. The third-order valence-electron chi connectivity index (χ3n) is 4.10. The maximum absolute atomic E-state index is 12.2. The second-order valence-electron chi connectivity index (χ2n) is 7.13. The van der Waals surface area contributed by atoms with Crippen molar-refractivity contribution in [3.63, 3.8) is 0 Å². The fourth-order valence-electron chi connectivity index (χ4n) is 2.77. The molecule has 0 aromatic heterocycles. The molecular formula is C18H24ClN3O3. The predicted molar refractivity (Wildman–Crippen MR) is 96.4 cm³/mol. The fourth-order valence-corrected chi connectivity index (χ4v) is 2.96. The standard InChI is InChI=1S/C18H24ClN3O3/c1-18(2,3)22-11-13(10-15(22)23)17(25)21-8-7-20-16(24)12-5-4-6-14(19)9-12/h4-6,9,13H,7-8,10-11H2,1-3H3,(H,20,24)(H,21,25). The summed E-state index contributed by atoms with van der Waals surface area (Å²) in [5.74, 6) is -0.735. The normalized spacial score (nSPS) is 17.5. The van der Waals surface area contributed by atoms with Gasteiger partial charge in [0.2, 0.25) is 11.8 Å². The van der Waals surface area contributed by atoms with Crippen molar-refractivity contribution in [2.75, 3.05) is 19.6 Å². The minimum Gasteiger partial charge on any atom is -0.354 e. The minimum atomic E-state index is -0.338. The lowest BCUT2D eigenvalue weighted by molar-refractivity contribution is -0.132. The molecule has 0 saturated carbocycles. The molecule has 6 nitrogen and oxygen atoms in total. The summed E-state index contributed by atoms with van der Waals surface area (Å²) in [6.07, 6.45) is 0.234. The van der Waals surface area contributed by atoms with Crippen LogP contribution in [-0.2, 0) is 9.59 Å². The number of halogens is 1. The quantitative estimate of drug-likeness (QED) is 0.781. The van der Waals surface area contributed by atoms with E-state index in [0.29, 0.717) is 30.2 Å². The third kappa shape index (κ3) is 5.19. The van der Waals surface area contributed by atoms with Crippen molar-refractivity contribution in [3.05, 3.63) is 34.9 Å². The Kier molecular flexibility index (Phi) is 6.06. The maximum Gasteiger partial charge on any atom is 0.251 e. The predicted octanol–water partition coefficient (Wildman–Crippen LogP) is 1.83. The van der Waals surface area contributed by atoms with Crippen molar-refractivity contribution in [3.8, 4) is 0 Å². The zero-order chi connectivity index (χ0) is 18.6. The molecule has 3 amide bonds. The molecular weight excluding hydrogens is 342 g/mol. The van der Waals surface area contributed by atoms with Crippen molar-refractivity contribution >= 4 is 29.3 Å². The van der Waals surface area contributed by atoms with Gasteiger partial charge >= 0.3 is 0 Å². The molecule has 2 rings (SSSR count). The largest absolute Gasteiger partial charge is 0.354 e. The summed E-state index contributed by atoms with van der Waals surface area (Å²) < 4.78 is 0. The number of hydrogen-bond acceptors (Lipinski definition) is 3. The Morgan fingerprint density at radius 3 is 2.52 bits per heavy atom. The summed E-state index contributed by atoms with van der Waals surface area (Å²) >= 11 is 5.85. The van der Waals surface area contributed by atoms with Crippen LogP contribution in [0.25, 0.3) is 0 Å². The van der Waals surface area contributed by atoms with Gasteiger partial charge in [-0.2, -0.15) is 0 Å². The number of amides is 3. The first-order valence-electron chi connectivity index (χ1n) is 8.30. The van der Waals surface area contributed by atoms with Gasteiger partial charge in [0.15, 0.2) is 0 Å². The topological polar surface area (TPSA) is 78.5 Å². The molecule has 136 valence electrons. The molecule has 1 aliphatic heterocycles. The van der Waals surface area contributed by atoms with Gasteiger partial charge in [-0.25, -0.2) is 0 Å². The lowest BCUT2D eigenvalue weighted by Crippen LogP contribution is -2.43. The van der Waals surface area contributed by atoms with Gasteiger partial charge in [-0.15, -0.1) is 0 Å². The van der Waals surface area contributed by atoms with Crippen LogP contribution in [0.4, 0.5) is 0 Å². The average molecular weight is 366 g/mol. The molecule has 1 aromatic rings. The second kappa shape index (κ2) is 7.87. The Hall–Kier alpha value is -2.08. The molecule has 0 radical (unpaired) electrons. The van der Waals surface area contributed by atoms with Gasteiger partial charge < -0.3 is 15.5 Å². The molecule has 1 aliphatic rings. The van der Waals surface area contributed by atoms with Gasteiger partial charge in [0.05, 0.1) is 5.92 Å². The SMILES string of the molecule is CC(C)(C)N1CC(C(=O)NCCNC(=O)c2cccc(Cl)c2)CC1=O. The minimum absolute atomic E-state index is 0.00177. The molecule has 1 atom stereocenters. The van der Waals surface area contributed by atoms with E-state index in [9.17, 15) is 14.4 Å². The molecule has 1 saturated heterocycles. The van der Waals surface area contributed by atoms with E-state index in [4.69, 9.17) is 11.6 Å². The van der Waals surface area contributed by atoms with Gasteiger partial charge in [-0.1, -0.05) is 17.7 Å². The van der Waals surface area contributed by atoms with Gasteiger partial charge in [0.25, 0.3) is 5.91 Å². The van der Waals surface area contributed by atoms with Crippen LogP contribution in [0.3, 0.4) is 0 Å². The van der Waals surface area contributed by atoms with Crippen LogP contribution in [0, 0.1) is 5.92 Å². The number of benzene rings is 1. The van der Waals surface area contributed by atoms with Gasteiger partial charge in [0.1, 0.15) is 0 Å². The van der Waals surface area contributed by atoms with Crippen molar-refractivity contribution in [1.82, 2.24) is 15.5 Å². The Balaban J connectivity index is 1.74. The molecule has 1 fully saturated rings. The highest BCUT2D eigenvalue weighted by atomic mass is 35.5. The molecule has 0 bridgehead atoms. The number of carbonyl (C=O) groups excluding carboxylic acids is 3. The number of nitrogens with zero attached hydrogens (tertiary/aromatic N) is 1. The van der Waals surface area contributed by atoms with Crippen LogP contribution in [0.2, 0.25) is 5.02 Å². The fraction of sp³-hybridized carbons (Fsp3) is 0.500. The highest BCUT2D eigenvalue weighted by molar-refractivity contribution is 6.30. The highest BCUT2D eigenvalue weighted by Crippen LogP contribution is 2.25. The first-order chi connectivity index (χ1) is 11.7. The van der Waals surface area contributed by atoms with E-state index in [1.807, 2.05) is 20.8 Å². The van der Waals surface area contributed by atoms with Crippen LogP contribution in [-0.4, -0.2) is 47.8 Å². The number of rotatable bonds is 5. The van der Waals surface area contributed by atoms with E-state index in [0.717, 1.165) is 0 Å². The second-order valence-corrected chi connectivity index (χ2v) is 7.57. The summed E-state index contributed by atoms with van der Waals surface area (Å²) in [7, 11) is 0. The first kappa shape index (κ1) is 19.2. The van der Waals surface area contributed by atoms with Gasteiger partial charge in [-0.3, -0.25) is 14.4 Å². The highest BCUT2D eigenvalue weighted by Gasteiger charge is 2.39. The lowest BCUT2D eigenvalue weighted by Gasteiger charge is -2.31. The first-order valence-corrected chi connectivity index (χ1v) is 8.68. The summed E-state index contributed by atoms with van der Waals surface area (Å²) in [6, 6.07) is 6.66. The third-order valence-corrected chi connectivity index (χ3v) is 4.34. The maximum atomic E-state index is 12.2. The Morgan fingerprint density at radius 1 is 1.24 bits per heavy atom. The van der Waals surface area contributed by atoms with Crippen molar-refractivity contribution in [2.45, 2.75) is 32.7 Å². The summed E-state index contributed by atoms with van der Waals surface area (Å²) in [4.78, 5) is 37.9. The Labute approximate surface area is 152 Å². The molecule has 7 heteroatoms. The van der Waals surface area contributed by atoms with Gasteiger partial charge in [-0.05, 0) is 39.0 Å². The van der Waals surface area contributed by atoms with E-state index >= 15 is 0 Å². The number of likely N-dealkylation sites (tertiary alicyclic amines) is 1. The van der Waals surface area contributed by atoms with E-state index in [-0.39, 0.29) is 35.6 Å². The van der Waals surface area contributed by atoms with E-state index in [1.54, 1.807) is 29.2 Å². The molecule has 25 heavy (non-hydrogen) atoms. The zero-order valence-corrected chi connectivity index (χ0v) is 15.5. The van der Waals surface area contributed by atoms with Crippen molar-refractivity contribution < 1.29 is 14.4 Å². The monoisotopic (exact) mass is 365 g/mol. The number of hydrogen-bond donors (Lipinski definition) is 2. The summed E-state index contributed by atoms with van der Waals surface area (Å²) in [5.41, 5.74) is 0.192. The van der Waals surface area contributed by atoms with E-state index in [2.05, 4.69) is 10.6 Å². The number of nitrogens with one attached hydrogen (secondary N) is 2. The van der Waals surface area contributed by atoms with Crippen LogP contribution in [0.15, 0.2) is 24.3 Å². The summed E-state index contributed by atoms with van der Waals surface area (Å²) in [6.45, 7) is 6.92. The van der Waals surface area contributed by atoms with Gasteiger partial charge in [0, 0.05) is 42.2 Å². The lowest BCUT2D eigenvalue weighted by atomic mass is 10.1. The van der Waals surface area contributed by atoms with Crippen LogP contribution in [0.1, 0.15) is 37.6 Å². The van der Waals surface area contributed by atoms with Crippen LogP contribution in [0.5, 0.6) is 0 Å². The molecule has 1 heterocycles. The molecule has 0 aliphatic carbocycles. The van der Waals surface area contributed by atoms with Crippen LogP contribution < -0.4 is 10.6 Å². The number of carbonyl (C=O) groups is 3. The Morgan fingerprint density at radius 2 is 1.92 bits per heavy atom. The zero-order valence-electron chi connectivity index (χ0n) is 14.8. The molecule has 2 N–H and O–H groups in total.